The molecule has 0 spiro atoms. The van der Waals surface area contributed by atoms with Crippen LogP contribution in [0.1, 0.15) is 49.2 Å². The zero-order valence-electron chi connectivity index (χ0n) is 10.4. The van der Waals surface area contributed by atoms with Crippen molar-refractivity contribution in [2.45, 2.75) is 40.0 Å². The molecule has 1 rings (SSSR count). The summed E-state index contributed by atoms with van der Waals surface area (Å²) in [6.45, 7) is 8.94. The number of Topliss-reactive ketones (excluding diaryl/α,β-unsaturated/α-hetero) is 1. The van der Waals surface area contributed by atoms with Crippen molar-refractivity contribution >= 4 is 5.78 Å². The Balaban J connectivity index is 3.58. The van der Waals surface area contributed by atoms with Crippen LogP contribution in [0.15, 0.2) is 6.07 Å². The molecule has 1 aromatic rings. The molecule has 0 fully saturated rings. The number of hydrogen-bond acceptors (Lipinski definition) is 3. The van der Waals surface area contributed by atoms with E-state index in [1.165, 1.54) is 6.92 Å². The second-order valence-corrected chi connectivity index (χ2v) is 5.12. The highest BCUT2D eigenvalue weighted by Crippen LogP contribution is 2.40. The van der Waals surface area contributed by atoms with Crippen LogP contribution in [-0.2, 0) is 5.41 Å². The molecule has 0 aromatic heterocycles. The zero-order chi connectivity index (χ0) is 12.7. The van der Waals surface area contributed by atoms with E-state index in [1.807, 2.05) is 20.8 Å². The lowest BCUT2D eigenvalue weighted by molar-refractivity contribution is 0.101. The molecular formula is C13H18O3. The SMILES string of the molecule is CC(=O)c1c(C)cc(C(C)(C)C)c(O)c1O. The van der Waals surface area contributed by atoms with Gasteiger partial charge in [0.2, 0.25) is 0 Å². The fourth-order valence-electron chi connectivity index (χ4n) is 1.81. The van der Waals surface area contributed by atoms with E-state index in [2.05, 4.69) is 0 Å². The molecule has 2 N–H and O–H groups in total. The molecule has 0 unspecified atom stereocenters. The molecule has 3 heteroatoms. The van der Waals surface area contributed by atoms with Gasteiger partial charge in [0.25, 0.3) is 0 Å². The molecule has 0 atom stereocenters. The number of phenols is 2. The smallest absolute Gasteiger partial charge is 0.169 e. The molecule has 0 saturated carbocycles. The summed E-state index contributed by atoms with van der Waals surface area (Å²) in [5, 5.41) is 19.7. The van der Waals surface area contributed by atoms with Crippen molar-refractivity contribution in [2.24, 2.45) is 0 Å². The van der Waals surface area contributed by atoms with Crippen molar-refractivity contribution in [1.29, 1.82) is 0 Å². The van der Waals surface area contributed by atoms with Gasteiger partial charge in [0, 0.05) is 5.56 Å². The highest BCUT2D eigenvalue weighted by molar-refractivity contribution is 5.99. The van der Waals surface area contributed by atoms with E-state index in [4.69, 9.17) is 0 Å². The van der Waals surface area contributed by atoms with Gasteiger partial charge in [0.05, 0.1) is 5.56 Å². The average Bonchev–Trinajstić information content (AvgIpc) is 2.09. The van der Waals surface area contributed by atoms with Gasteiger partial charge in [-0.2, -0.15) is 0 Å². The third-order valence-corrected chi connectivity index (χ3v) is 2.63. The Morgan fingerprint density at radius 2 is 1.69 bits per heavy atom. The molecule has 0 aliphatic heterocycles. The third-order valence-electron chi connectivity index (χ3n) is 2.63. The zero-order valence-corrected chi connectivity index (χ0v) is 10.4. The Labute approximate surface area is 95.7 Å². The maximum absolute atomic E-state index is 11.3. The van der Waals surface area contributed by atoms with Crippen molar-refractivity contribution < 1.29 is 15.0 Å². The Hall–Kier alpha value is -1.51. The largest absolute Gasteiger partial charge is 0.504 e. The fourth-order valence-corrected chi connectivity index (χ4v) is 1.81. The van der Waals surface area contributed by atoms with Crippen LogP contribution in [0.4, 0.5) is 0 Å². The molecule has 0 aliphatic carbocycles. The number of ketones is 1. The number of carbonyl (C=O) groups is 1. The van der Waals surface area contributed by atoms with Gasteiger partial charge in [-0.1, -0.05) is 26.8 Å². The van der Waals surface area contributed by atoms with Crippen LogP contribution in [0, 0.1) is 6.92 Å². The van der Waals surface area contributed by atoms with E-state index in [9.17, 15) is 15.0 Å². The van der Waals surface area contributed by atoms with Crippen molar-refractivity contribution in [3.05, 3.63) is 22.8 Å². The number of aryl methyl sites for hydroxylation is 1. The number of benzene rings is 1. The summed E-state index contributed by atoms with van der Waals surface area (Å²) in [7, 11) is 0. The van der Waals surface area contributed by atoms with Crippen molar-refractivity contribution in [3.8, 4) is 11.5 Å². The highest BCUT2D eigenvalue weighted by atomic mass is 16.3. The van der Waals surface area contributed by atoms with Crippen molar-refractivity contribution in [1.82, 2.24) is 0 Å². The standard InChI is InChI=1S/C13H18O3/c1-7-6-9(13(3,4)5)11(15)12(16)10(7)8(2)14/h6,15-16H,1-5H3. The average molecular weight is 222 g/mol. The third kappa shape index (κ3) is 2.03. The molecular weight excluding hydrogens is 204 g/mol. The van der Waals surface area contributed by atoms with Crippen LogP contribution in [0.3, 0.4) is 0 Å². The lowest BCUT2D eigenvalue weighted by Gasteiger charge is -2.22. The van der Waals surface area contributed by atoms with E-state index in [0.29, 0.717) is 11.1 Å². The summed E-state index contributed by atoms with van der Waals surface area (Å²) in [4.78, 5) is 11.3. The summed E-state index contributed by atoms with van der Waals surface area (Å²) in [6.07, 6.45) is 0. The van der Waals surface area contributed by atoms with E-state index in [1.54, 1.807) is 13.0 Å². The van der Waals surface area contributed by atoms with Gasteiger partial charge in [-0.3, -0.25) is 4.79 Å². The Morgan fingerprint density at radius 1 is 1.19 bits per heavy atom. The first kappa shape index (κ1) is 12.6. The lowest BCUT2D eigenvalue weighted by Crippen LogP contribution is -2.13. The first-order chi connectivity index (χ1) is 7.16. The summed E-state index contributed by atoms with van der Waals surface area (Å²) in [5.74, 6) is -0.744. The molecule has 1 aromatic carbocycles. The van der Waals surface area contributed by atoms with Crippen LogP contribution in [-0.4, -0.2) is 16.0 Å². The predicted molar refractivity (Wildman–Crippen MR) is 63.2 cm³/mol. The minimum absolute atomic E-state index is 0.191. The second-order valence-electron chi connectivity index (χ2n) is 5.12. The molecule has 88 valence electrons. The van der Waals surface area contributed by atoms with Gasteiger partial charge < -0.3 is 10.2 Å². The predicted octanol–water partition coefficient (Wildman–Crippen LogP) is 2.91. The quantitative estimate of drug-likeness (QED) is 0.567. The number of carbonyl (C=O) groups excluding carboxylic acids is 1. The van der Waals surface area contributed by atoms with Gasteiger partial charge >= 0.3 is 0 Å². The highest BCUT2D eigenvalue weighted by Gasteiger charge is 2.24. The number of phenolic OH excluding ortho intramolecular Hbond substituents is 2. The van der Waals surface area contributed by atoms with Crippen LogP contribution >= 0.6 is 0 Å². The Kier molecular flexibility index (Phi) is 2.99. The normalized spacial score (nSPS) is 11.6. The summed E-state index contributed by atoms with van der Waals surface area (Å²) < 4.78 is 0. The van der Waals surface area contributed by atoms with Gasteiger partial charge in [0.1, 0.15) is 0 Å². The molecule has 16 heavy (non-hydrogen) atoms. The fraction of sp³-hybridized carbons (Fsp3) is 0.462. The first-order valence-electron chi connectivity index (χ1n) is 5.23. The summed E-state index contributed by atoms with van der Waals surface area (Å²) in [5.41, 5.74) is 1.26. The minimum atomic E-state index is -0.308. The van der Waals surface area contributed by atoms with Crippen LogP contribution in [0.25, 0.3) is 0 Å². The maximum Gasteiger partial charge on any atom is 0.169 e. The van der Waals surface area contributed by atoms with E-state index < -0.39 is 0 Å². The molecule has 0 radical (unpaired) electrons. The van der Waals surface area contributed by atoms with E-state index in [-0.39, 0.29) is 28.3 Å². The van der Waals surface area contributed by atoms with E-state index in [0.717, 1.165) is 0 Å². The molecule has 0 aliphatic rings. The first-order valence-corrected chi connectivity index (χ1v) is 5.23. The number of hydrogen-bond donors (Lipinski definition) is 2. The monoisotopic (exact) mass is 222 g/mol. The summed E-state index contributed by atoms with van der Waals surface area (Å²) >= 11 is 0. The number of aromatic hydroxyl groups is 2. The summed E-state index contributed by atoms with van der Waals surface area (Å²) in [6, 6.07) is 1.76. The molecule has 0 saturated heterocycles. The van der Waals surface area contributed by atoms with Crippen LogP contribution in [0.2, 0.25) is 0 Å². The Morgan fingerprint density at radius 3 is 2.06 bits per heavy atom. The minimum Gasteiger partial charge on any atom is -0.504 e. The van der Waals surface area contributed by atoms with Crippen LogP contribution in [0.5, 0.6) is 11.5 Å². The second kappa shape index (κ2) is 3.81. The van der Waals surface area contributed by atoms with Gasteiger partial charge in [0.15, 0.2) is 17.3 Å². The molecule has 3 nitrogen and oxygen atoms in total. The molecule has 0 bridgehead atoms. The molecule has 0 amide bonds. The maximum atomic E-state index is 11.3. The Bertz CT molecular complexity index is 439. The van der Waals surface area contributed by atoms with E-state index >= 15 is 0 Å². The molecule has 0 heterocycles. The van der Waals surface area contributed by atoms with Crippen molar-refractivity contribution in [3.63, 3.8) is 0 Å². The topological polar surface area (TPSA) is 57.5 Å². The van der Waals surface area contributed by atoms with Gasteiger partial charge in [-0.05, 0) is 24.8 Å². The van der Waals surface area contributed by atoms with Crippen LogP contribution < -0.4 is 0 Å². The van der Waals surface area contributed by atoms with Gasteiger partial charge in [-0.15, -0.1) is 0 Å². The lowest BCUT2D eigenvalue weighted by atomic mass is 9.83. The number of rotatable bonds is 1. The van der Waals surface area contributed by atoms with Gasteiger partial charge in [-0.25, -0.2) is 0 Å². The van der Waals surface area contributed by atoms with Crippen molar-refractivity contribution in [2.75, 3.05) is 0 Å².